The number of hydrogen-bond acceptors (Lipinski definition) is 3. The van der Waals surface area contributed by atoms with E-state index in [1.54, 1.807) is 0 Å². The van der Waals surface area contributed by atoms with Gasteiger partial charge < -0.3 is 10.2 Å². The Morgan fingerprint density at radius 3 is 2.75 bits per heavy atom. The van der Waals surface area contributed by atoms with Crippen molar-refractivity contribution >= 4 is 27.3 Å². The van der Waals surface area contributed by atoms with Gasteiger partial charge in [0.25, 0.3) is 0 Å². The van der Waals surface area contributed by atoms with Crippen LogP contribution in [0.1, 0.15) is 18.2 Å². The van der Waals surface area contributed by atoms with Crippen LogP contribution in [-0.4, -0.2) is 32.1 Å². The molecule has 92 valence electrons. The maximum absolute atomic E-state index is 3.50. The molecule has 0 spiro atoms. The zero-order valence-corrected chi connectivity index (χ0v) is 12.7. The smallest absolute Gasteiger partial charge is 0.0701 e. The molecule has 1 unspecified atom stereocenters. The monoisotopic (exact) mass is 304 g/mol. The Balaban J connectivity index is 2.37. The van der Waals surface area contributed by atoms with Crippen LogP contribution < -0.4 is 5.32 Å². The fourth-order valence-electron chi connectivity index (χ4n) is 1.83. The second-order valence-electron chi connectivity index (χ2n) is 4.23. The van der Waals surface area contributed by atoms with Crippen molar-refractivity contribution in [3.63, 3.8) is 0 Å². The Morgan fingerprint density at radius 2 is 2.25 bits per heavy atom. The second kappa shape index (κ2) is 7.43. The molecule has 1 aromatic heterocycles. The van der Waals surface area contributed by atoms with Crippen LogP contribution in [-0.2, 0) is 6.54 Å². The molecule has 16 heavy (non-hydrogen) atoms. The summed E-state index contributed by atoms with van der Waals surface area (Å²) < 4.78 is 1.22. The first-order valence-corrected chi connectivity index (χ1v) is 7.34. The first kappa shape index (κ1) is 14.2. The lowest BCUT2D eigenvalue weighted by atomic mass is 10.1. The molecular weight excluding hydrogens is 284 g/mol. The van der Waals surface area contributed by atoms with Gasteiger partial charge in [-0.15, -0.1) is 11.3 Å². The van der Waals surface area contributed by atoms with E-state index in [2.05, 4.69) is 52.3 Å². The normalized spacial score (nSPS) is 13.3. The van der Waals surface area contributed by atoms with Crippen molar-refractivity contribution in [3.05, 3.63) is 20.8 Å². The highest BCUT2D eigenvalue weighted by atomic mass is 79.9. The molecular formula is C12H21BrN2S. The maximum Gasteiger partial charge on any atom is 0.0701 e. The Hall–Kier alpha value is 0.1000. The van der Waals surface area contributed by atoms with E-state index in [4.69, 9.17) is 0 Å². The van der Waals surface area contributed by atoms with E-state index in [1.807, 2.05) is 18.4 Å². The fraction of sp³-hybridized carbons (Fsp3) is 0.667. The first-order chi connectivity index (χ1) is 7.65. The highest BCUT2D eigenvalue weighted by Gasteiger charge is 2.09. The number of thiophene rings is 1. The first-order valence-electron chi connectivity index (χ1n) is 5.73. The molecule has 0 amide bonds. The number of nitrogens with zero attached hydrogens (tertiary/aromatic N) is 1. The third-order valence-electron chi connectivity index (χ3n) is 2.69. The Bertz CT molecular complexity index is 301. The fourth-order valence-corrected chi connectivity index (χ4v) is 3.40. The van der Waals surface area contributed by atoms with Gasteiger partial charge in [-0.1, -0.05) is 13.3 Å². The van der Waals surface area contributed by atoms with Crippen LogP contribution in [0.2, 0.25) is 0 Å². The third kappa shape index (κ3) is 4.95. The number of halogens is 1. The Kier molecular flexibility index (Phi) is 6.58. The molecule has 1 N–H and O–H groups in total. The second-order valence-corrected chi connectivity index (χ2v) is 6.78. The highest BCUT2D eigenvalue weighted by molar-refractivity contribution is 9.11. The van der Waals surface area contributed by atoms with Crippen LogP contribution in [0.3, 0.4) is 0 Å². The van der Waals surface area contributed by atoms with E-state index in [9.17, 15) is 0 Å². The number of hydrogen-bond donors (Lipinski definition) is 1. The summed E-state index contributed by atoms with van der Waals surface area (Å²) in [6.07, 6.45) is 1.24. The number of nitrogens with one attached hydrogen (secondary N) is 1. The van der Waals surface area contributed by atoms with Gasteiger partial charge in [-0.25, -0.2) is 0 Å². The van der Waals surface area contributed by atoms with E-state index in [0.29, 0.717) is 0 Å². The van der Waals surface area contributed by atoms with Gasteiger partial charge in [-0.3, -0.25) is 0 Å². The van der Waals surface area contributed by atoms with E-state index < -0.39 is 0 Å². The van der Waals surface area contributed by atoms with Crippen LogP contribution in [0.25, 0.3) is 0 Å². The summed E-state index contributed by atoms with van der Waals surface area (Å²) in [7, 11) is 4.23. The van der Waals surface area contributed by atoms with E-state index >= 15 is 0 Å². The molecule has 0 saturated heterocycles. The molecule has 0 aliphatic heterocycles. The SMILES string of the molecule is CCC(CNC)CN(C)Cc1ccc(Br)s1. The molecule has 1 atom stereocenters. The largest absolute Gasteiger partial charge is 0.319 e. The molecule has 2 nitrogen and oxygen atoms in total. The van der Waals surface area contributed by atoms with Gasteiger partial charge in [0.05, 0.1) is 3.79 Å². The van der Waals surface area contributed by atoms with Crippen molar-refractivity contribution < 1.29 is 0 Å². The lowest BCUT2D eigenvalue weighted by Crippen LogP contribution is -2.30. The van der Waals surface area contributed by atoms with Gasteiger partial charge in [0.15, 0.2) is 0 Å². The lowest BCUT2D eigenvalue weighted by molar-refractivity contribution is 0.263. The van der Waals surface area contributed by atoms with Gasteiger partial charge in [-0.2, -0.15) is 0 Å². The van der Waals surface area contributed by atoms with Crippen molar-refractivity contribution in [3.8, 4) is 0 Å². The van der Waals surface area contributed by atoms with Gasteiger partial charge in [0, 0.05) is 18.0 Å². The van der Waals surface area contributed by atoms with Crippen LogP contribution in [0.5, 0.6) is 0 Å². The van der Waals surface area contributed by atoms with Crippen molar-refractivity contribution in [2.24, 2.45) is 5.92 Å². The average molecular weight is 305 g/mol. The molecule has 0 aromatic carbocycles. The van der Waals surface area contributed by atoms with E-state index in [-0.39, 0.29) is 0 Å². The summed E-state index contributed by atoms with van der Waals surface area (Å²) in [5, 5.41) is 3.26. The summed E-state index contributed by atoms with van der Waals surface area (Å²) >= 11 is 5.32. The maximum atomic E-state index is 3.50. The molecule has 0 radical (unpaired) electrons. The summed E-state index contributed by atoms with van der Waals surface area (Å²) in [5.41, 5.74) is 0. The van der Waals surface area contributed by atoms with Crippen LogP contribution >= 0.6 is 27.3 Å². The molecule has 0 aliphatic carbocycles. The Morgan fingerprint density at radius 1 is 1.50 bits per heavy atom. The molecule has 0 aliphatic rings. The van der Waals surface area contributed by atoms with Crippen molar-refractivity contribution in [2.45, 2.75) is 19.9 Å². The molecule has 1 rings (SSSR count). The van der Waals surface area contributed by atoms with Crippen molar-refractivity contribution in [2.75, 3.05) is 27.2 Å². The van der Waals surface area contributed by atoms with Crippen LogP contribution in [0.4, 0.5) is 0 Å². The quantitative estimate of drug-likeness (QED) is 0.832. The minimum absolute atomic E-state index is 0.749. The predicted molar refractivity (Wildman–Crippen MR) is 76.1 cm³/mol. The molecule has 1 aromatic rings. The van der Waals surface area contributed by atoms with Gasteiger partial charge in [-0.05, 0) is 54.6 Å². The zero-order chi connectivity index (χ0) is 12.0. The standard InChI is InChI=1S/C12H21BrN2S/c1-4-10(7-14-2)8-15(3)9-11-5-6-12(13)16-11/h5-6,10,14H,4,7-9H2,1-3H3. The topological polar surface area (TPSA) is 15.3 Å². The van der Waals surface area contributed by atoms with E-state index in [0.717, 1.165) is 25.6 Å². The third-order valence-corrected chi connectivity index (χ3v) is 4.30. The van der Waals surface area contributed by atoms with Gasteiger partial charge >= 0.3 is 0 Å². The Labute approximate surface area is 111 Å². The summed E-state index contributed by atoms with van der Waals surface area (Å²) in [5.74, 6) is 0.749. The molecule has 4 heteroatoms. The van der Waals surface area contributed by atoms with Gasteiger partial charge in [0.1, 0.15) is 0 Å². The highest BCUT2D eigenvalue weighted by Crippen LogP contribution is 2.23. The molecule has 0 saturated carbocycles. The van der Waals surface area contributed by atoms with Crippen molar-refractivity contribution in [1.82, 2.24) is 10.2 Å². The summed E-state index contributed by atoms with van der Waals surface area (Å²) in [6.45, 7) is 5.58. The predicted octanol–water partition coefficient (Wildman–Crippen LogP) is 3.19. The minimum atomic E-state index is 0.749. The van der Waals surface area contributed by atoms with E-state index in [1.165, 1.54) is 15.1 Å². The summed E-state index contributed by atoms with van der Waals surface area (Å²) in [4.78, 5) is 3.83. The molecule has 0 fully saturated rings. The lowest BCUT2D eigenvalue weighted by Gasteiger charge is -2.22. The van der Waals surface area contributed by atoms with Gasteiger partial charge in [0.2, 0.25) is 0 Å². The molecule has 1 heterocycles. The van der Waals surface area contributed by atoms with Crippen molar-refractivity contribution in [1.29, 1.82) is 0 Å². The van der Waals surface area contributed by atoms with Crippen LogP contribution in [0.15, 0.2) is 15.9 Å². The average Bonchev–Trinajstić information content (AvgIpc) is 2.63. The zero-order valence-electron chi connectivity index (χ0n) is 10.3. The number of rotatable bonds is 7. The summed E-state index contributed by atoms with van der Waals surface area (Å²) in [6, 6.07) is 4.32. The van der Waals surface area contributed by atoms with Crippen LogP contribution in [0, 0.1) is 5.92 Å². The molecule has 0 bridgehead atoms. The minimum Gasteiger partial charge on any atom is -0.319 e.